The van der Waals surface area contributed by atoms with Gasteiger partial charge >= 0.3 is 0 Å². The van der Waals surface area contributed by atoms with Gasteiger partial charge in [-0.3, -0.25) is 4.79 Å². The summed E-state index contributed by atoms with van der Waals surface area (Å²) in [4.78, 5) is 12.7. The van der Waals surface area contributed by atoms with Crippen LogP contribution in [0.4, 0.5) is 0 Å². The van der Waals surface area contributed by atoms with Gasteiger partial charge in [-0.25, -0.2) is 0 Å². The van der Waals surface area contributed by atoms with Crippen LogP contribution in [0.2, 0.25) is 0 Å². The molecule has 3 nitrogen and oxygen atoms in total. The molecule has 120 valence electrons. The average molecular weight is 318 g/mol. The highest BCUT2D eigenvalue weighted by Crippen LogP contribution is 2.35. The minimum atomic E-state index is -0.396. The molecule has 0 fully saturated rings. The average Bonchev–Trinajstić information content (AvgIpc) is 2.62. The predicted molar refractivity (Wildman–Crippen MR) is 93.6 cm³/mol. The van der Waals surface area contributed by atoms with Crippen molar-refractivity contribution in [3.8, 4) is 11.5 Å². The van der Waals surface area contributed by atoms with Crippen molar-refractivity contribution in [3.05, 3.63) is 95.1 Å². The molecule has 0 heterocycles. The van der Waals surface area contributed by atoms with Crippen molar-refractivity contribution in [2.75, 3.05) is 0 Å². The minimum absolute atomic E-state index is 0.0397. The Morgan fingerprint density at radius 3 is 2.12 bits per heavy atom. The van der Waals surface area contributed by atoms with E-state index in [0.29, 0.717) is 5.56 Å². The number of ketones is 1. The fraction of sp³-hybridized carbons (Fsp3) is 0.0952. The third-order valence-corrected chi connectivity index (χ3v) is 4.23. The van der Waals surface area contributed by atoms with E-state index < -0.39 is 5.78 Å². The molecular weight excluding hydrogens is 300 g/mol. The number of para-hydroxylation sites is 2. The summed E-state index contributed by atoms with van der Waals surface area (Å²) in [5, 5.41) is 20.5. The first-order valence-electron chi connectivity index (χ1n) is 7.79. The monoisotopic (exact) mass is 318 g/mol. The van der Waals surface area contributed by atoms with Crippen LogP contribution in [0.1, 0.15) is 39.9 Å². The topological polar surface area (TPSA) is 57.5 Å². The summed E-state index contributed by atoms with van der Waals surface area (Å²) in [7, 11) is 0. The van der Waals surface area contributed by atoms with Crippen LogP contribution in [0, 0.1) is 0 Å². The number of hydrogen-bond acceptors (Lipinski definition) is 3. The second-order valence-electron chi connectivity index (χ2n) is 5.72. The fourth-order valence-corrected chi connectivity index (χ4v) is 2.83. The molecule has 1 atom stereocenters. The fourth-order valence-electron chi connectivity index (χ4n) is 2.83. The zero-order valence-electron chi connectivity index (χ0n) is 13.3. The summed E-state index contributed by atoms with van der Waals surface area (Å²) in [5.41, 5.74) is 2.11. The largest absolute Gasteiger partial charge is 0.507 e. The van der Waals surface area contributed by atoms with Crippen molar-refractivity contribution in [1.29, 1.82) is 0 Å². The van der Waals surface area contributed by atoms with Crippen LogP contribution in [-0.4, -0.2) is 16.0 Å². The summed E-state index contributed by atoms with van der Waals surface area (Å²) in [5.74, 6) is -0.582. The second-order valence-corrected chi connectivity index (χ2v) is 5.72. The highest BCUT2D eigenvalue weighted by atomic mass is 16.3. The summed E-state index contributed by atoms with van der Waals surface area (Å²) >= 11 is 0. The van der Waals surface area contributed by atoms with E-state index in [1.165, 1.54) is 6.07 Å². The van der Waals surface area contributed by atoms with Crippen molar-refractivity contribution in [3.63, 3.8) is 0 Å². The maximum absolute atomic E-state index is 12.7. The molecule has 0 amide bonds. The van der Waals surface area contributed by atoms with Crippen LogP contribution in [0.25, 0.3) is 0 Å². The van der Waals surface area contributed by atoms with E-state index in [1.807, 2.05) is 43.3 Å². The molecule has 1 unspecified atom stereocenters. The number of carbonyl (C=O) groups is 1. The molecule has 0 aromatic heterocycles. The molecule has 0 radical (unpaired) electrons. The highest BCUT2D eigenvalue weighted by molar-refractivity contribution is 6.12. The Balaban J connectivity index is 2.03. The van der Waals surface area contributed by atoms with Gasteiger partial charge < -0.3 is 10.2 Å². The Morgan fingerprint density at radius 2 is 1.42 bits per heavy atom. The number of aromatic hydroxyl groups is 2. The molecule has 24 heavy (non-hydrogen) atoms. The van der Waals surface area contributed by atoms with E-state index >= 15 is 0 Å². The number of phenolic OH excluding ortho intramolecular Hbond substituents is 2. The van der Waals surface area contributed by atoms with Crippen molar-refractivity contribution in [2.24, 2.45) is 0 Å². The molecule has 2 N–H and O–H groups in total. The van der Waals surface area contributed by atoms with Crippen LogP contribution in [-0.2, 0) is 0 Å². The Hall–Kier alpha value is -3.07. The predicted octanol–water partition coefficient (Wildman–Crippen LogP) is 4.48. The van der Waals surface area contributed by atoms with E-state index in [1.54, 1.807) is 30.3 Å². The summed E-state index contributed by atoms with van der Waals surface area (Å²) < 4.78 is 0. The third kappa shape index (κ3) is 2.88. The van der Waals surface area contributed by atoms with Gasteiger partial charge in [0.2, 0.25) is 0 Å². The third-order valence-electron chi connectivity index (χ3n) is 4.23. The molecular formula is C21H18O3. The molecule has 0 saturated heterocycles. The van der Waals surface area contributed by atoms with Gasteiger partial charge in [0.05, 0.1) is 11.1 Å². The van der Waals surface area contributed by atoms with Crippen LogP contribution in [0.15, 0.2) is 72.8 Å². The first-order chi connectivity index (χ1) is 11.6. The van der Waals surface area contributed by atoms with Gasteiger partial charge in [0.25, 0.3) is 0 Å². The lowest BCUT2D eigenvalue weighted by Crippen LogP contribution is -2.05. The lowest BCUT2D eigenvalue weighted by Gasteiger charge is -2.16. The van der Waals surface area contributed by atoms with Crippen LogP contribution < -0.4 is 0 Å². The van der Waals surface area contributed by atoms with Crippen molar-refractivity contribution >= 4 is 5.78 Å². The molecule has 0 aliphatic heterocycles. The minimum Gasteiger partial charge on any atom is -0.507 e. The smallest absolute Gasteiger partial charge is 0.200 e. The molecule has 0 aliphatic rings. The van der Waals surface area contributed by atoms with E-state index in [-0.39, 0.29) is 28.5 Å². The summed E-state index contributed by atoms with van der Waals surface area (Å²) in [6.45, 7) is 1.98. The first-order valence-corrected chi connectivity index (χ1v) is 7.79. The Bertz CT molecular complexity index is 869. The quantitative estimate of drug-likeness (QED) is 0.697. The van der Waals surface area contributed by atoms with Gasteiger partial charge in [0.1, 0.15) is 11.5 Å². The normalized spacial score (nSPS) is 11.9. The second kappa shape index (κ2) is 6.59. The van der Waals surface area contributed by atoms with E-state index in [9.17, 15) is 15.0 Å². The molecule has 0 aliphatic carbocycles. The molecule has 0 bridgehead atoms. The standard InChI is InChI=1S/C21H18O3/c1-14(15-8-3-2-4-9-15)16-11-7-12-18(20(16)23)21(24)17-10-5-6-13-19(17)22/h2-14,22-23H,1H3. The molecule has 3 aromatic rings. The first kappa shape index (κ1) is 15.8. The summed E-state index contributed by atoms with van der Waals surface area (Å²) in [6.07, 6.45) is 0. The molecule has 0 spiro atoms. The lowest BCUT2D eigenvalue weighted by molar-refractivity contribution is 0.103. The van der Waals surface area contributed by atoms with E-state index in [2.05, 4.69) is 0 Å². The Kier molecular flexibility index (Phi) is 4.34. The Labute approximate surface area is 140 Å². The molecule has 3 aromatic carbocycles. The maximum Gasteiger partial charge on any atom is 0.200 e. The zero-order valence-corrected chi connectivity index (χ0v) is 13.3. The van der Waals surface area contributed by atoms with Crippen molar-refractivity contribution < 1.29 is 15.0 Å². The van der Waals surface area contributed by atoms with Gasteiger partial charge in [-0.05, 0) is 23.8 Å². The SMILES string of the molecule is CC(c1ccccc1)c1cccc(C(=O)c2ccccc2O)c1O. The molecule has 3 heteroatoms. The van der Waals surface area contributed by atoms with Crippen molar-refractivity contribution in [2.45, 2.75) is 12.8 Å². The number of carbonyl (C=O) groups excluding carboxylic acids is 1. The van der Waals surface area contributed by atoms with Gasteiger partial charge in [-0.1, -0.05) is 61.5 Å². The number of benzene rings is 3. The Morgan fingerprint density at radius 1 is 0.792 bits per heavy atom. The van der Waals surface area contributed by atoms with Gasteiger partial charge in [-0.15, -0.1) is 0 Å². The van der Waals surface area contributed by atoms with E-state index in [0.717, 1.165) is 5.56 Å². The highest BCUT2D eigenvalue weighted by Gasteiger charge is 2.21. The van der Waals surface area contributed by atoms with Gasteiger partial charge in [0.15, 0.2) is 5.78 Å². The zero-order chi connectivity index (χ0) is 17.1. The van der Waals surface area contributed by atoms with Crippen LogP contribution >= 0.6 is 0 Å². The number of hydrogen-bond donors (Lipinski definition) is 2. The van der Waals surface area contributed by atoms with Crippen LogP contribution in [0.3, 0.4) is 0 Å². The summed E-state index contributed by atoms with van der Waals surface area (Å²) in [6, 6.07) is 21.3. The number of rotatable bonds is 4. The van der Waals surface area contributed by atoms with Gasteiger partial charge in [-0.2, -0.15) is 0 Å². The van der Waals surface area contributed by atoms with Crippen molar-refractivity contribution in [1.82, 2.24) is 0 Å². The maximum atomic E-state index is 12.7. The number of phenols is 2. The molecule has 3 rings (SSSR count). The molecule has 0 saturated carbocycles. The van der Waals surface area contributed by atoms with Gasteiger partial charge in [0, 0.05) is 11.5 Å². The van der Waals surface area contributed by atoms with E-state index in [4.69, 9.17) is 0 Å². The lowest BCUT2D eigenvalue weighted by atomic mass is 9.89. The van der Waals surface area contributed by atoms with Crippen LogP contribution in [0.5, 0.6) is 11.5 Å².